The third kappa shape index (κ3) is 5.75. The molecule has 0 bridgehead atoms. The van der Waals surface area contributed by atoms with Crippen LogP contribution in [0.1, 0.15) is 41.6 Å². The van der Waals surface area contributed by atoms with Crippen LogP contribution >= 0.6 is 0 Å². The molecule has 2 heteroatoms. The summed E-state index contributed by atoms with van der Waals surface area (Å²) in [7, 11) is 0. The van der Waals surface area contributed by atoms with Gasteiger partial charge in [0.05, 0.1) is 11.4 Å². The molecule has 0 radical (unpaired) electrons. The lowest BCUT2D eigenvalue weighted by Crippen LogP contribution is -2.02. The number of hydrogen-bond acceptors (Lipinski definition) is 2. The molecule has 7 aromatic rings. The van der Waals surface area contributed by atoms with Gasteiger partial charge in [0, 0.05) is 31.7 Å². The van der Waals surface area contributed by atoms with Gasteiger partial charge in [0.25, 0.3) is 0 Å². The first-order valence-corrected chi connectivity index (χ1v) is 16.2. The lowest BCUT2D eigenvalue weighted by molar-refractivity contribution is 1.25. The van der Waals surface area contributed by atoms with Crippen LogP contribution in [-0.2, 0) is 0 Å². The largest absolute Gasteiger partial charge is 0.256 e. The van der Waals surface area contributed by atoms with Crippen LogP contribution in [0, 0.1) is 41.4 Å². The molecule has 0 spiro atoms. The number of hydrogen-bond donors (Lipinski definition) is 0. The molecule has 5 aromatic carbocycles. The van der Waals surface area contributed by atoms with Crippen LogP contribution in [0.4, 0.5) is 0 Å². The maximum atomic E-state index is 7.65. The molecule has 7 rings (SSSR count). The second-order valence-corrected chi connectivity index (χ2v) is 12.4. The van der Waals surface area contributed by atoms with Gasteiger partial charge in [-0.2, -0.15) is 0 Å². The first kappa shape index (κ1) is 24.6. The molecular formula is C46H40N2. The molecule has 0 aliphatic rings. The van der Waals surface area contributed by atoms with Crippen molar-refractivity contribution >= 4 is 0 Å². The van der Waals surface area contributed by atoms with Crippen molar-refractivity contribution in [3.8, 4) is 67.0 Å². The summed E-state index contributed by atoms with van der Waals surface area (Å²) in [6.45, 7) is 4.52. The Labute approximate surface area is 293 Å². The maximum absolute atomic E-state index is 7.65. The van der Waals surface area contributed by atoms with Crippen LogP contribution in [-0.4, -0.2) is 9.97 Å². The molecule has 2 heterocycles. The topological polar surface area (TPSA) is 25.8 Å². The van der Waals surface area contributed by atoms with E-state index in [2.05, 4.69) is 110 Å². The quantitative estimate of drug-likeness (QED) is 0.183. The van der Waals surface area contributed by atoms with Crippen molar-refractivity contribution in [2.24, 2.45) is 0 Å². The van der Waals surface area contributed by atoms with E-state index < -0.39 is 13.7 Å². The molecule has 0 saturated carbocycles. The predicted octanol–water partition coefficient (Wildman–Crippen LogP) is 12.3. The number of aryl methyl sites for hydroxylation is 2. The van der Waals surface area contributed by atoms with Gasteiger partial charge in [-0.25, -0.2) is 0 Å². The summed E-state index contributed by atoms with van der Waals surface area (Å²) in [6, 6.07) is 40.4. The molecule has 0 amide bonds. The summed E-state index contributed by atoms with van der Waals surface area (Å²) in [5.41, 5.74) is 17.9. The van der Waals surface area contributed by atoms with Gasteiger partial charge in [-0.05, 0) is 131 Å². The van der Waals surface area contributed by atoms with E-state index in [4.69, 9.17) is 8.22 Å². The fourth-order valence-corrected chi connectivity index (χ4v) is 6.80. The summed E-state index contributed by atoms with van der Waals surface area (Å²) in [5, 5.41) is 0. The first-order valence-electron chi connectivity index (χ1n) is 19.2. The number of nitrogens with zero attached hydrogens (tertiary/aromatic N) is 2. The van der Waals surface area contributed by atoms with Crippen LogP contribution in [0.15, 0.2) is 134 Å². The number of aromatic nitrogens is 2. The Morgan fingerprint density at radius 2 is 0.708 bits per heavy atom. The normalized spacial score (nSPS) is 13.5. The maximum Gasteiger partial charge on any atom is 0.0702 e. The Bertz CT molecular complexity index is 2260. The van der Waals surface area contributed by atoms with Gasteiger partial charge in [0.15, 0.2) is 0 Å². The average molecular weight is 627 g/mol. The van der Waals surface area contributed by atoms with E-state index >= 15 is 0 Å². The Balaban J connectivity index is 1.24. The van der Waals surface area contributed by atoms with Crippen molar-refractivity contribution in [1.82, 2.24) is 9.97 Å². The third-order valence-corrected chi connectivity index (χ3v) is 9.53. The molecule has 0 saturated heterocycles. The van der Waals surface area contributed by atoms with Crippen LogP contribution in [0.25, 0.3) is 67.0 Å². The Kier molecular flexibility index (Phi) is 6.59. The van der Waals surface area contributed by atoms with E-state index in [1.807, 2.05) is 24.3 Å². The van der Waals surface area contributed by atoms with E-state index in [1.54, 1.807) is 24.3 Å². The molecule has 2 aromatic heterocycles. The highest BCUT2D eigenvalue weighted by Gasteiger charge is 2.21. The van der Waals surface area contributed by atoms with Crippen LogP contribution in [0.2, 0.25) is 0 Å². The highest BCUT2D eigenvalue weighted by Crippen LogP contribution is 2.44. The zero-order valence-electron chi connectivity index (χ0n) is 33.6. The number of rotatable bonds is 6. The standard InChI is InChI=1S/C46H40N2/c1-29-15-25-43(47-27-29)37-21-17-35(18-22-37)39-11-7-9-13-41(39)45-31(3)33(5)46(34(6)32(45)4)42-14-10-8-12-40(42)36-19-23-38(24-20-36)44-26-16-30(2)28-48-44/h7-28H,1-6H3/i1D3,2D3. The SMILES string of the molecule is [2H]C([2H])([2H])c1ccc(-c2ccc(-c3ccccc3-c3c(C)c(C)c(-c4ccccc4-c4ccc(-c5ccc(C([2H])([2H])[2H])cn5)cc4)c(C)c3C)cc2)nc1. The monoisotopic (exact) mass is 626 g/mol. The van der Waals surface area contributed by atoms with Gasteiger partial charge in [-0.1, -0.05) is 109 Å². The molecule has 234 valence electrons. The molecule has 2 nitrogen and oxygen atoms in total. The first-order chi connectivity index (χ1) is 25.7. The molecule has 48 heavy (non-hydrogen) atoms. The Hall–Kier alpha value is -5.60. The van der Waals surface area contributed by atoms with E-state index in [-0.39, 0.29) is 11.1 Å². The number of benzene rings is 5. The minimum Gasteiger partial charge on any atom is -0.256 e. The lowest BCUT2D eigenvalue weighted by Gasteiger charge is -2.24. The molecule has 0 N–H and O–H groups in total. The summed E-state index contributed by atoms with van der Waals surface area (Å²) in [4.78, 5) is 8.86. The molecule has 0 atom stereocenters. The summed E-state index contributed by atoms with van der Waals surface area (Å²) >= 11 is 0. The van der Waals surface area contributed by atoms with E-state index in [0.717, 1.165) is 44.8 Å². The van der Waals surface area contributed by atoms with Gasteiger partial charge >= 0.3 is 0 Å². The molecule has 0 fully saturated rings. The molecule has 0 aliphatic heterocycles. The van der Waals surface area contributed by atoms with Crippen LogP contribution in [0.3, 0.4) is 0 Å². The van der Waals surface area contributed by atoms with Crippen molar-refractivity contribution in [2.45, 2.75) is 41.4 Å². The zero-order valence-corrected chi connectivity index (χ0v) is 27.6. The Morgan fingerprint density at radius 1 is 0.375 bits per heavy atom. The average Bonchev–Trinajstić information content (AvgIpc) is 3.17. The molecule has 0 unspecified atom stereocenters. The van der Waals surface area contributed by atoms with Gasteiger partial charge in [0.2, 0.25) is 0 Å². The van der Waals surface area contributed by atoms with Gasteiger partial charge < -0.3 is 0 Å². The minimum absolute atomic E-state index is 0.230. The Morgan fingerprint density at radius 3 is 1.02 bits per heavy atom. The van der Waals surface area contributed by atoms with Crippen molar-refractivity contribution < 1.29 is 8.22 Å². The fraction of sp³-hybridized carbons (Fsp3) is 0.130. The van der Waals surface area contributed by atoms with Crippen LogP contribution in [0.5, 0.6) is 0 Å². The van der Waals surface area contributed by atoms with Gasteiger partial charge in [-0.3, -0.25) is 9.97 Å². The van der Waals surface area contributed by atoms with Crippen LogP contribution < -0.4 is 0 Å². The predicted molar refractivity (Wildman–Crippen MR) is 203 cm³/mol. The highest BCUT2D eigenvalue weighted by molar-refractivity contribution is 5.93. The third-order valence-electron chi connectivity index (χ3n) is 9.53. The number of pyridine rings is 2. The molecular weight excluding hydrogens is 581 g/mol. The second kappa shape index (κ2) is 12.9. The summed E-state index contributed by atoms with van der Waals surface area (Å²) in [6.07, 6.45) is 2.87. The van der Waals surface area contributed by atoms with Gasteiger partial charge in [0.1, 0.15) is 0 Å². The van der Waals surface area contributed by atoms with Crippen molar-refractivity contribution in [3.63, 3.8) is 0 Å². The second-order valence-electron chi connectivity index (χ2n) is 12.4. The van der Waals surface area contributed by atoms with Crippen molar-refractivity contribution in [2.75, 3.05) is 0 Å². The van der Waals surface area contributed by atoms with E-state index in [1.165, 1.54) is 56.9 Å². The summed E-state index contributed by atoms with van der Waals surface area (Å²) in [5.74, 6) is 0. The fourth-order valence-electron chi connectivity index (χ4n) is 6.80. The summed E-state index contributed by atoms with van der Waals surface area (Å²) < 4.78 is 45.9. The highest BCUT2D eigenvalue weighted by atomic mass is 14.7. The smallest absolute Gasteiger partial charge is 0.0702 e. The van der Waals surface area contributed by atoms with E-state index in [0.29, 0.717) is 0 Å². The van der Waals surface area contributed by atoms with Crippen molar-refractivity contribution in [3.05, 3.63) is 167 Å². The lowest BCUT2D eigenvalue weighted by atomic mass is 9.80. The van der Waals surface area contributed by atoms with Gasteiger partial charge in [-0.15, -0.1) is 0 Å². The molecule has 0 aliphatic carbocycles. The zero-order chi connectivity index (χ0) is 38.4. The van der Waals surface area contributed by atoms with E-state index in [9.17, 15) is 0 Å². The minimum atomic E-state index is -2.18. The van der Waals surface area contributed by atoms with Crippen molar-refractivity contribution in [1.29, 1.82) is 0 Å².